The first-order valence-electron chi connectivity index (χ1n) is 10.6. The summed E-state index contributed by atoms with van der Waals surface area (Å²) in [5.74, 6) is 0.669. The van der Waals surface area contributed by atoms with Gasteiger partial charge in [0.05, 0.1) is 6.54 Å². The van der Waals surface area contributed by atoms with Gasteiger partial charge in [0.25, 0.3) is 5.91 Å². The molecule has 160 valence electrons. The van der Waals surface area contributed by atoms with E-state index in [-0.39, 0.29) is 11.8 Å². The summed E-state index contributed by atoms with van der Waals surface area (Å²) in [5, 5.41) is 3.01. The molecule has 2 aromatic carbocycles. The van der Waals surface area contributed by atoms with Crippen LogP contribution >= 0.6 is 0 Å². The van der Waals surface area contributed by atoms with Crippen molar-refractivity contribution in [3.8, 4) is 5.75 Å². The number of nitrogens with one attached hydrogen (secondary N) is 1. The Morgan fingerprint density at radius 3 is 2.50 bits per heavy atom. The van der Waals surface area contributed by atoms with Gasteiger partial charge in [-0.2, -0.15) is 0 Å². The van der Waals surface area contributed by atoms with Crippen molar-refractivity contribution in [1.82, 2.24) is 9.80 Å². The van der Waals surface area contributed by atoms with Gasteiger partial charge in [-0.05, 0) is 49.6 Å². The van der Waals surface area contributed by atoms with Gasteiger partial charge in [-0.1, -0.05) is 37.3 Å². The van der Waals surface area contributed by atoms with E-state index >= 15 is 0 Å². The number of nitrogens with zero attached hydrogens (tertiary/aromatic N) is 2. The molecule has 0 bridgehead atoms. The van der Waals surface area contributed by atoms with Crippen molar-refractivity contribution < 1.29 is 14.3 Å². The van der Waals surface area contributed by atoms with Gasteiger partial charge < -0.3 is 15.0 Å². The molecule has 1 N–H and O–H groups in total. The zero-order valence-electron chi connectivity index (χ0n) is 18.1. The summed E-state index contributed by atoms with van der Waals surface area (Å²) in [4.78, 5) is 29.1. The van der Waals surface area contributed by atoms with Crippen LogP contribution in [-0.4, -0.2) is 60.4 Å². The minimum atomic E-state index is -0.535. The minimum absolute atomic E-state index is 0.0162. The van der Waals surface area contributed by atoms with Gasteiger partial charge in [-0.3, -0.25) is 14.5 Å². The second-order valence-electron chi connectivity index (χ2n) is 7.74. The van der Waals surface area contributed by atoms with E-state index in [1.54, 1.807) is 6.92 Å². The molecule has 2 aromatic rings. The van der Waals surface area contributed by atoms with E-state index in [1.165, 1.54) is 0 Å². The van der Waals surface area contributed by atoms with Gasteiger partial charge in [0, 0.05) is 31.9 Å². The first-order chi connectivity index (χ1) is 14.5. The van der Waals surface area contributed by atoms with Crippen molar-refractivity contribution in [2.75, 3.05) is 38.0 Å². The quantitative estimate of drug-likeness (QED) is 0.763. The number of anilines is 1. The normalized spacial score (nSPS) is 15.5. The molecular weight excluding hydrogens is 378 g/mol. The highest BCUT2D eigenvalue weighted by Gasteiger charge is 2.26. The highest BCUT2D eigenvalue weighted by Crippen LogP contribution is 2.17. The molecule has 6 nitrogen and oxygen atoms in total. The lowest BCUT2D eigenvalue weighted by atomic mass is 10.1. The second kappa shape index (κ2) is 10.3. The number of hydrogen-bond acceptors (Lipinski definition) is 4. The van der Waals surface area contributed by atoms with Crippen LogP contribution in [0.2, 0.25) is 0 Å². The molecule has 6 heteroatoms. The first-order valence-corrected chi connectivity index (χ1v) is 10.6. The van der Waals surface area contributed by atoms with Crippen LogP contribution in [0.25, 0.3) is 0 Å². The standard InChI is InChI=1S/C24H31N3O3/c1-4-20-9-5-6-11-22(20)25-23(28)17-26-12-14-27(15-13-26)24(29)19(3)30-21-10-7-8-18(2)16-21/h5-11,16,19H,4,12-15,17H2,1-3H3,(H,25,28)/t19-/m1/s1. The number of ether oxygens (including phenoxy) is 1. The molecular formula is C24H31N3O3. The minimum Gasteiger partial charge on any atom is -0.481 e. The van der Waals surface area contributed by atoms with E-state index in [4.69, 9.17) is 4.74 Å². The average Bonchev–Trinajstić information content (AvgIpc) is 2.74. The van der Waals surface area contributed by atoms with Crippen LogP contribution in [0.3, 0.4) is 0 Å². The number of hydrogen-bond donors (Lipinski definition) is 1. The summed E-state index contributed by atoms with van der Waals surface area (Å²) in [5.41, 5.74) is 3.10. The van der Waals surface area contributed by atoms with Crippen LogP contribution < -0.4 is 10.1 Å². The van der Waals surface area contributed by atoms with Gasteiger partial charge >= 0.3 is 0 Å². The molecule has 1 saturated heterocycles. The zero-order valence-corrected chi connectivity index (χ0v) is 18.1. The fourth-order valence-corrected chi connectivity index (χ4v) is 3.67. The number of amides is 2. The lowest BCUT2D eigenvalue weighted by molar-refractivity contribution is -0.139. The van der Waals surface area contributed by atoms with Crippen LogP contribution in [0.15, 0.2) is 48.5 Å². The molecule has 1 atom stereocenters. The Morgan fingerprint density at radius 2 is 1.80 bits per heavy atom. The highest BCUT2D eigenvalue weighted by molar-refractivity contribution is 5.93. The molecule has 0 aromatic heterocycles. The van der Waals surface area contributed by atoms with Crippen molar-refractivity contribution in [2.24, 2.45) is 0 Å². The fraction of sp³-hybridized carbons (Fsp3) is 0.417. The Kier molecular flexibility index (Phi) is 7.46. The van der Waals surface area contributed by atoms with Crippen molar-refractivity contribution in [1.29, 1.82) is 0 Å². The Bertz CT molecular complexity index is 876. The Balaban J connectivity index is 1.45. The number of para-hydroxylation sites is 1. The first kappa shape index (κ1) is 21.8. The van der Waals surface area contributed by atoms with Crippen LogP contribution in [-0.2, 0) is 16.0 Å². The van der Waals surface area contributed by atoms with Gasteiger partial charge in [0.1, 0.15) is 5.75 Å². The summed E-state index contributed by atoms with van der Waals surface area (Å²) in [7, 11) is 0. The van der Waals surface area contributed by atoms with Gasteiger partial charge in [-0.25, -0.2) is 0 Å². The topological polar surface area (TPSA) is 61.9 Å². The number of piperazine rings is 1. The van der Waals surface area contributed by atoms with Gasteiger partial charge in [-0.15, -0.1) is 0 Å². The van der Waals surface area contributed by atoms with E-state index < -0.39 is 6.10 Å². The molecule has 0 aliphatic carbocycles. The molecule has 0 saturated carbocycles. The Hall–Kier alpha value is -2.86. The SMILES string of the molecule is CCc1ccccc1NC(=O)CN1CCN(C(=O)[C@@H](C)Oc2cccc(C)c2)CC1. The molecule has 1 aliphatic rings. The lowest BCUT2D eigenvalue weighted by Gasteiger charge is -2.35. The monoisotopic (exact) mass is 409 g/mol. The van der Waals surface area contributed by atoms with Crippen LogP contribution in [0.1, 0.15) is 25.0 Å². The maximum Gasteiger partial charge on any atom is 0.263 e. The lowest BCUT2D eigenvalue weighted by Crippen LogP contribution is -2.53. The van der Waals surface area contributed by atoms with Gasteiger partial charge in [0.15, 0.2) is 6.10 Å². The number of benzene rings is 2. The summed E-state index contributed by atoms with van der Waals surface area (Å²) in [6.45, 7) is 8.72. The van der Waals surface area contributed by atoms with Crippen LogP contribution in [0.5, 0.6) is 5.75 Å². The van der Waals surface area contributed by atoms with Crippen LogP contribution in [0.4, 0.5) is 5.69 Å². The molecule has 0 unspecified atom stereocenters. The van der Waals surface area contributed by atoms with E-state index in [0.29, 0.717) is 38.5 Å². The predicted molar refractivity (Wildman–Crippen MR) is 119 cm³/mol. The highest BCUT2D eigenvalue weighted by atomic mass is 16.5. The molecule has 0 spiro atoms. The van der Waals surface area contributed by atoms with E-state index in [1.807, 2.05) is 60.4 Å². The number of rotatable bonds is 7. The Morgan fingerprint density at radius 1 is 1.07 bits per heavy atom. The summed E-state index contributed by atoms with van der Waals surface area (Å²) in [6.07, 6.45) is 0.340. The van der Waals surface area contributed by atoms with Crippen molar-refractivity contribution in [3.05, 3.63) is 59.7 Å². The summed E-state index contributed by atoms with van der Waals surface area (Å²) < 4.78 is 5.82. The molecule has 2 amide bonds. The average molecular weight is 410 g/mol. The Labute approximate surface area is 178 Å². The smallest absolute Gasteiger partial charge is 0.263 e. The zero-order chi connectivity index (χ0) is 21.5. The molecule has 1 heterocycles. The van der Waals surface area contributed by atoms with E-state index in [0.717, 1.165) is 23.2 Å². The predicted octanol–water partition coefficient (Wildman–Crippen LogP) is 3.11. The van der Waals surface area contributed by atoms with E-state index in [9.17, 15) is 9.59 Å². The third-order valence-electron chi connectivity index (χ3n) is 5.37. The van der Waals surface area contributed by atoms with Crippen molar-refractivity contribution in [3.63, 3.8) is 0 Å². The molecule has 0 radical (unpaired) electrons. The second-order valence-corrected chi connectivity index (χ2v) is 7.74. The maximum absolute atomic E-state index is 12.7. The largest absolute Gasteiger partial charge is 0.481 e. The van der Waals surface area contributed by atoms with E-state index in [2.05, 4.69) is 17.1 Å². The van der Waals surface area contributed by atoms with Crippen molar-refractivity contribution in [2.45, 2.75) is 33.3 Å². The molecule has 3 rings (SSSR count). The summed E-state index contributed by atoms with van der Waals surface area (Å²) >= 11 is 0. The molecule has 1 fully saturated rings. The fourth-order valence-electron chi connectivity index (χ4n) is 3.67. The number of carbonyl (C=O) groups is 2. The third kappa shape index (κ3) is 5.83. The summed E-state index contributed by atoms with van der Waals surface area (Å²) in [6, 6.07) is 15.6. The molecule has 1 aliphatic heterocycles. The number of aryl methyl sites for hydroxylation is 2. The number of carbonyl (C=O) groups excluding carboxylic acids is 2. The van der Waals surface area contributed by atoms with Crippen molar-refractivity contribution >= 4 is 17.5 Å². The van der Waals surface area contributed by atoms with Crippen LogP contribution in [0, 0.1) is 6.92 Å². The molecule has 30 heavy (non-hydrogen) atoms. The maximum atomic E-state index is 12.7. The third-order valence-corrected chi connectivity index (χ3v) is 5.37. The van der Waals surface area contributed by atoms with Gasteiger partial charge in [0.2, 0.25) is 5.91 Å².